The normalized spacial score (nSPS) is 15.5. The van der Waals surface area contributed by atoms with Gasteiger partial charge in [0.2, 0.25) is 0 Å². The number of aryl methyl sites for hydroxylation is 3. The van der Waals surface area contributed by atoms with Gasteiger partial charge in [-0.1, -0.05) is 17.7 Å². The maximum atomic E-state index is 11.6. The molecule has 4 nitrogen and oxygen atoms in total. The molecule has 1 atom stereocenters. The maximum Gasteiger partial charge on any atom is 0.407 e. The van der Waals surface area contributed by atoms with Gasteiger partial charge >= 0.3 is 6.09 Å². The molecule has 0 heterocycles. The van der Waals surface area contributed by atoms with E-state index >= 15 is 0 Å². The molecule has 2 rings (SSSR count). The summed E-state index contributed by atoms with van der Waals surface area (Å²) in [5, 5.41) is 6.48. The first kappa shape index (κ1) is 16.8. The standard InChI is InChI=1S/C18H28N2O2/c1-5-22-18(21)20-17(15-6-7-15)11-19-10-16-13(3)8-12(2)9-14(16)4/h8-9,15,17,19H,5-7,10-11H2,1-4H3,(H,20,21). The van der Waals surface area contributed by atoms with Crippen molar-refractivity contribution in [2.24, 2.45) is 5.92 Å². The smallest absolute Gasteiger partial charge is 0.407 e. The molecular formula is C18H28N2O2. The molecule has 1 aromatic carbocycles. The summed E-state index contributed by atoms with van der Waals surface area (Å²) >= 11 is 0. The van der Waals surface area contributed by atoms with E-state index in [0.717, 1.165) is 13.1 Å². The van der Waals surface area contributed by atoms with Crippen molar-refractivity contribution in [3.63, 3.8) is 0 Å². The van der Waals surface area contributed by atoms with Crippen LogP contribution in [0, 0.1) is 26.7 Å². The highest BCUT2D eigenvalue weighted by molar-refractivity contribution is 5.67. The number of ether oxygens (including phenoxy) is 1. The zero-order valence-electron chi connectivity index (χ0n) is 14.2. The fourth-order valence-corrected chi connectivity index (χ4v) is 3.00. The molecule has 1 saturated carbocycles. The number of rotatable bonds is 7. The van der Waals surface area contributed by atoms with Crippen LogP contribution in [0.3, 0.4) is 0 Å². The van der Waals surface area contributed by atoms with Gasteiger partial charge < -0.3 is 15.4 Å². The quantitative estimate of drug-likeness (QED) is 0.813. The average molecular weight is 304 g/mol. The lowest BCUT2D eigenvalue weighted by Gasteiger charge is -2.19. The van der Waals surface area contributed by atoms with E-state index < -0.39 is 0 Å². The molecule has 1 aliphatic rings. The average Bonchev–Trinajstić information content (AvgIpc) is 3.25. The third-order valence-corrected chi connectivity index (χ3v) is 4.28. The first-order valence-electron chi connectivity index (χ1n) is 8.22. The number of carbonyl (C=O) groups is 1. The molecule has 1 unspecified atom stereocenters. The van der Waals surface area contributed by atoms with Crippen molar-refractivity contribution >= 4 is 6.09 Å². The predicted molar refractivity (Wildman–Crippen MR) is 89.0 cm³/mol. The third kappa shape index (κ3) is 4.73. The minimum absolute atomic E-state index is 0.171. The Bertz CT molecular complexity index is 501. The topological polar surface area (TPSA) is 50.4 Å². The number of hydrogen-bond acceptors (Lipinski definition) is 3. The fourth-order valence-electron chi connectivity index (χ4n) is 3.00. The van der Waals surface area contributed by atoms with Crippen molar-refractivity contribution in [1.29, 1.82) is 0 Å². The summed E-state index contributed by atoms with van der Waals surface area (Å²) < 4.78 is 4.99. The summed E-state index contributed by atoms with van der Waals surface area (Å²) in [5.41, 5.74) is 5.31. The molecule has 0 bridgehead atoms. The Morgan fingerprint density at radius 2 is 1.91 bits per heavy atom. The van der Waals surface area contributed by atoms with Crippen LogP contribution >= 0.6 is 0 Å². The molecule has 2 N–H and O–H groups in total. The Kier molecular flexibility index (Phi) is 5.83. The zero-order chi connectivity index (χ0) is 16.1. The largest absolute Gasteiger partial charge is 0.450 e. The Labute approximate surface area is 133 Å². The molecule has 1 aromatic rings. The summed E-state index contributed by atoms with van der Waals surface area (Å²) in [5.74, 6) is 0.595. The Balaban J connectivity index is 1.87. The summed E-state index contributed by atoms with van der Waals surface area (Å²) in [6.45, 7) is 10.3. The monoisotopic (exact) mass is 304 g/mol. The second-order valence-electron chi connectivity index (χ2n) is 6.32. The van der Waals surface area contributed by atoms with Crippen molar-refractivity contribution in [2.75, 3.05) is 13.2 Å². The van der Waals surface area contributed by atoms with Gasteiger partial charge in [0.25, 0.3) is 0 Å². The summed E-state index contributed by atoms with van der Waals surface area (Å²) in [6.07, 6.45) is 2.09. The molecule has 1 amide bonds. The Hall–Kier alpha value is -1.55. The third-order valence-electron chi connectivity index (χ3n) is 4.28. The molecule has 0 saturated heterocycles. The molecule has 0 aromatic heterocycles. The van der Waals surface area contributed by atoms with Crippen LogP contribution in [-0.4, -0.2) is 25.3 Å². The van der Waals surface area contributed by atoms with Crippen molar-refractivity contribution in [3.8, 4) is 0 Å². The van der Waals surface area contributed by atoms with E-state index in [1.54, 1.807) is 0 Å². The van der Waals surface area contributed by atoms with Gasteiger partial charge in [0, 0.05) is 19.1 Å². The van der Waals surface area contributed by atoms with Gasteiger partial charge in [0.15, 0.2) is 0 Å². The van der Waals surface area contributed by atoms with Gasteiger partial charge in [-0.25, -0.2) is 4.79 Å². The van der Waals surface area contributed by atoms with Crippen molar-refractivity contribution in [1.82, 2.24) is 10.6 Å². The summed E-state index contributed by atoms with van der Waals surface area (Å²) in [6, 6.07) is 4.61. The van der Waals surface area contributed by atoms with Gasteiger partial charge in [-0.15, -0.1) is 0 Å². The molecule has 1 fully saturated rings. The molecule has 1 aliphatic carbocycles. The van der Waals surface area contributed by atoms with E-state index in [1.807, 2.05) is 6.92 Å². The van der Waals surface area contributed by atoms with E-state index in [0.29, 0.717) is 12.5 Å². The van der Waals surface area contributed by atoms with Crippen molar-refractivity contribution in [3.05, 3.63) is 34.4 Å². The highest BCUT2D eigenvalue weighted by Gasteiger charge is 2.32. The van der Waals surface area contributed by atoms with Crippen LogP contribution in [0.15, 0.2) is 12.1 Å². The van der Waals surface area contributed by atoms with Gasteiger partial charge in [-0.2, -0.15) is 0 Å². The van der Waals surface area contributed by atoms with Gasteiger partial charge in [-0.3, -0.25) is 0 Å². The molecule has 0 radical (unpaired) electrons. The van der Waals surface area contributed by atoms with Crippen LogP contribution in [0.4, 0.5) is 4.79 Å². The second-order valence-corrected chi connectivity index (χ2v) is 6.32. The Morgan fingerprint density at radius 3 is 2.45 bits per heavy atom. The summed E-state index contributed by atoms with van der Waals surface area (Å²) in [7, 11) is 0. The minimum atomic E-state index is -0.302. The number of hydrogen-bond donors (Lipinski definition) is 2. The number of alkyl carbamates (subject to hydrolysis) is 1. The number of carbonyl (C=O) groups excluding carboxylic acids is 1. The van der Waals surface area contributed by atoms with Crippen molar-refractivity contribution < 1.29 is 9.53 Å². The molecule has 0 aliphatic heterocycles. The lowest BCUT2D eigenvalue weighted by molar-refractivity contribution is 0.146. The molecule has 4 heteroatoms. The molecule has 0 spiro atoms. The van der Waals surface area contributed by atoms with E-state index in [1.165, 1.54) is 35.1 Å². The maximum absolute atomic E-state index is 11.6. The lowest BCUT2D eigenvalue weighted by Crippen LogP contribution is -2.43. The van der Waals surface area contributed by atoms with Crippen LogP contribution in [0.1, 0.15) is 42.0 Å². The van der Waals surface area contributed by atoms with Crippen LogP contribution < -0.4 is 10.6 Å². The Morgan fingerprint density at radius 1 is 1.27 bits per heavy atom. The number of nitrogens with one attached hydrogen (secondary N) is 2. The first-order chi connectivity index (χ1) is 10.5. The van der Waals surface area contributed by atoms with Gasteiger partial charge in [0.05, 0.1) is 6.61 Å². The second kappa shape index (κ2) is 7.63. The van der Waals surface area contributed by atoms with E-state index in [4.69, 9.17) is 4.74 Å². The van der Waals surface area contributed by atoms with E-state index in [9.17, 15) is 4.79 Å². The van der Waals surface area contributed by atoms with Crippen LogP contribution in [-0.2, 0) is 11.3 Å². The van der Waals surface area contributed by atoms with Crippen LogP contribution in [0.2, 0.25) is 0 Å². The van der Waals surface area contributed by atoms with Gasteiger partial charge in [0.1, 0.15) is 0 Å². The highest BCUT2D eigenvalue weighted by atomic mass is 16.5. The summed E-state index contributed by atoms with van der Waals surface area (Å²) in [4.78, 5) is 11.6. The minimum Gasteiger partial charge on any atom is -0.450 e. The van der Waals surface area contributed by atoms with Crippen LogP contribution in [0.25, 0.3) is 0 Å². The number of benzene rings is 1. The van der Waals surface area contributed by atoms with E-state index in [2.05, 4.69) is 43.5 Å². The highest BCUT2D eigenvalue weighted by Crippen LogP contribution is 2.32. The molecule has 22 heavy (non-hydrogen) atoms. The van der Waals surface area contributed by atoms with Crippen LogP contribution in [0.5, 0.6) is 0 Å². The first-order valence-corrected chi connectivity index (χ1v) is 8.22. The predicted octanol–water partition coefficient (Wildman–Crippen LogP) is 3.23. The fraction of sp³-hybridized carbons (Fsp3) is 0.611. The molecular weight excluding hydrogens is 276 g/mol. The van der Waals surface area contributed by atoms with Crippen molar-refractivity contribution in [2.45, 2.75) is 53.1 Å². The number of amides is 1. The zero-order valence-corrected chi connectivity index (χ0v) is 14.2. The molecule has 122 valence electrons. The SMILES string of the molecule is CCOC(=O)NC(CNCc1c(C)cc(C)cc1C)C1CC1. The van der Waals surface area contributed by atoms with E-state index in [-0.39, 0.29) is 12.1 Å². The van der Waals surface area contributed by atoms with Gasteiger partial charge in [-0.05, 0) is 63.1 Å². The lowest BCUT2D eigenvalue weighted by atomic mass is 10.00.